The highest BCUT2D eigenvalue weighted by Gasteiger charge is 2.27. The summed E-state index contributed by atoms with van der Waals surface area (Å²) in [6.07, 6.45) is 0. The van der Waals surface area contributed by atoms with Gasteiger partial charge in [0.1, 0.15) is 6.54 Å². The lowest BCUT2D eigenvalue weighted by Crippen LogP contribution is -2.38. The summed E-state index contributed by atoms with van der Waals surface area (Å²) in [4.78, 5) is 13.9. The normalized spacial score (nSPS) is 11.2. The molecule has 0 aliphatic heterocycles. The highest BCUT2D eigenvalue weighted by molar-refractivity contribution is 7.99. The summed E-state index contributed by atoms with van der Waals surface area (Å²) >= 11 is 7.52. The molecule has 31 heavy (non-hydrogen) atoms. The predicted molar refractivity (Wildman–Crippen MR) is 129 cm³/mol. The van der Waals surface area contributed by atoms with Crippen LogP contribution in [0.1, 0.15) is 12.5 Å². The molecule has 0 heterocycles. The van der Waals surface area contributed by atoms with Gasteiger partial charge in [-0.2, -0.15) is 0 Å². The number of hydrogen-bond donors (Lipinski definition) is 1. The van der Waals surface area contributed by atoms with Crippen LogP contribution in [0.25, 0.3) is 0 Å². The van der Waals surface area contributed by atoms with E-state index >= 15 is 0 Å². The number of nitrogens with zero attached hydrogens (tertiary/aromatic N) is 1. The van der Waals surface area contributed by atoms with Gasteiger partial charge in [-0.05, 0) is 61.2 Å². The fourth-order valence-electron chi connectivity index (χ4n) is 2.93. The molecule has 0 atom stereocenters. The van der Waals surface area contributed by atoms with Crippen LogP contribution in [-0.2, 0) is 14.8 Å². The first-order valence-electron chi connectivity index (χ1n) is 9.68. The van der Waals surface area contributed by atoms with E-state index in [4.69, 9.17) is 11.6 Å². The number of halogens is 1. The van der Waals surface area contributed by atoms with Gasteiger partial charge in [0.05, 0.1) is 16.3 Å². The number of rotatable bonds is 8. The zero-order valence-electron chi connectivity index (χ0n) is 17.2. The maximum Gasteiger partial charge on any atom is 0.264 e. The lowest BCUT2D eigenvalue weighted by Gasteiger charge is -2.24. The Kier molecular flexibility index (Phi) is 7.64. The van der Waals surface area contributed by atoms with E-state index in [0.29, 0.717) is 16.4 Å². The summed E-state index contributed by atoms with van der Waals surface area (Å²) < 4.78 is 27.9. The van der Waals surface area contributed by atoms with E-state index in [1.165, 1.54) is 24.3 Å². The number of hydrogen-bond acceptors (Lipinski definition) is 4. The minimum atomic E-state index is -3.98. The van der Waals surface area contributed by atoms with E-state index in [-0.39, 0.29) is 11.4 Å². The highest BCUT2D eigenvalue weighted by atomic mass is 35.5. The smallest absolute Gasteiger partial charge is 0.264 e. The van der Waals surface area contributed by atoms with E-state index < -0.39 is 15.9 Å². The molecule has 5 nitrogen and oxygen atoms in total. The van der Waals surface area contributed by atoms with Gasteiger partial charge < -0.3 is 5.32 Å². The summed E-state index contributed by atoms with van der Waals surface area (Å²) in [6, 6.07) is 20.4. The number of carbonyl (C=O) groups is 1. The average Bonchev–Trinajstić information content (AvgIpc) is 2.75. The van der Waals surface area contributed by atoms with Gasteiger partial charge in [-0.1, -0.05) is 48.4 Å². The van der Waals surface area contributed by atoms with Gasteiger partial charge in [-0.15, -0.1) is 11.8 Å². The Morgan fingerprint density at radius 3 is 2.29 bits per heavy atom. The summed E-state index contributed by atoms with van der Waals surface area (Å²) in [5.74, 6) is 0.426. The van der Waals surface area contributed by atoms with Gasteiger partial charge in [0.2, 0.25) is 5.91 Å². The molecular formula is C23H23ClN2O3S2. The number of carbonyl (C=O) groups excluding carboxylic acids is 1. The summed E-state index contributed by atoms with van der Waals surface area (Å²) in [7, 11) is -3.98. The first-order chi connectivity index (χ1) is 14.8. The molecule has 0 unspecified atom stereocenters. The molecular weight excluding hydrogens is 452 g/mol. The molecule has 3 aromatic rings. The van der Waals surface area contributed by atoms with Crippen molar-refractivity contribution in [3.05, 3.63) is 83.4 Å². The SMILES string of the molecule is CCSc1ccccc1NC(=O)CN(c1ccc(C)cc1)S(=O)(=O)c1ccc(Cl)cc1. The van der Waals surface area contributed by atoms with E-state index in [0.717, 1.165) is 20.5 Å². The second-order valence-electron chi connectivity index (χ2n) is 6.78. The zero-order chi connectivity index (χ0) is 22.4. The van der Waals surface area contributed by atoms with Crippen LogP contribution in [0, 0.1) is 6.92 Å². The maximum atomic E-state index is 13.4. The first-order valence-corrected chi connectivity index (χ1v) is 12.5. The summed E-state index contributed by atoms with van der Waals surface area (Å²) in [5, 5.41) is 3.29. The third-order valence-corrected chi connectivity index (χ3v) is 7.47. The number of sulfonamides is 1. The van der Waals surface area contributed by atoms with E-state index in [2.05, 4.69) is 5.32 Å². The number of amides is 1. The second kappa shape index (κ2) is 10.2. The minimum absolute atomic E-state index is 0.0622. The molecule has 3 aromatic carbocycles. The molecule has 0 aliphatic rings. The lowest BCUT2D eigenvalue weighted by atomic mass is 10.2. The number of aryl methyl sites for hydroxylation is 1. The Morgan fingerprint density at radius 2 is 1.65 bits per heavy atom. The molecule has 1 N–H and O–H groups in total. The molecule has 162 valence electrons. The van der Waals surface area contributed by atoms with Crippen LogP contribution in [0.4, 0.5) is 11.4 Å². The van der Waals surface area contributed by atoms with E-state index in [1.807, 2.05) is 44.2 Å². The van der Waals surface area contributed by atoms with Gasteiger partial charge in [0.15, 0.2) is 0 Å². The van der Waals surface area contributed by atoms with E-state index in [9.17, 15) is 13.2 Å². The zero-order valence-corrected chi connectivity index (χ0v) is 19.6. The standard InChI is InChI=1S/C23H23ClN2O3S2/c1-3-30-22-7-5-4-6-21(22)25-23(27)16-26(19-12-8-17(2)9-13-19)31(28,29)20-14-10-18(24)11-15-20/h4-15H,3,16H2,1-2H3,(H,25,27). The Bertz CT molecular complexity index is 1150. The van der Waals surface area contributed by atoms with Crippen molar-refractivity contribution in [1.82, 2.24) is 0 Å². The van der Waals surface area contributed by atoms with Crippen molar-refractivity contribution in [2.45, 2.75) is 23.6 Å². The van der Waals surface area contributed by atoms with Gasteiger partial charge in [0, 0.05) is 9.92 Å². The second-order valence-corrected chi connectivity index (χ2v) is 10.4. The maximum absolute atomic E-state index is 13.4. The Labute approximate surface area is 192 Å². The number of thioether (sulfide) groups is 1. The first kappa shape index (κ1) is 23.2. The van der Waals surface area contributed by atoms with Gasteiger partial charge in [0.25, 0.3) is 10.0 Å². The summed E-state index contributed by atoms with van der Waals surface area (Å²) in [6.45, 7) is 3.58. The van der Waals surface area contributed by atoms with Gasteiger partial charge in [-0.3, -0.25) is 9.10 Å². The van der Waals surface area contributed by atoms with Crippen LogP contribution in [-0.4, -0.2) is 26.6 Å². The van der Waals surface area contributed by atoms with E-state index in [1.54, 1.807) is 30.0 Å². The van der Waals surface area contributed by atoms with Crippen LogP contribution in [0.2, 0.25) is 5.02 Å². The largest absolute Gasteiger partial charge is 0.323 e. The van der Waals surface area contributed by atoms with Crippen molar-refractivity contribution >= 4 is 50.7 Å². The van der Waals surface area contributed by atoms with Gasteiger partial charge >= 0.3 is 0 Å². The number of benzene rings is 3. The molecule has 0 aromatic heterocycles. The van der Waals surface area contributed by atoms with Crippen molar-refractivity contribution in [1.29, 1.82) is 0 Å². The lowest BCUT2D eigenvalue weighted by molar-refractivity contribution is -0.114. The quantitative estimate of drug-likeness (QED) is 0.432. The molecule has 3 rings (SSSR count). The van der Waals surface area contributed by atoms with Crippen molar-refractivity contribution in [3.8, 4) is 0 Å². The fraction of sp³-hybridized carbons (Fsp3) is 0.174. The van der Waals surface area contributed by atoms with Gasteiger partial charge in [-0.25, -0.2) is 8.42 Å². The fourth-order valence-corrected chi connectivity index (χ4v) is 5.24. The highest BCUT2D eigenvalue weighted by Crippen LogP contribution is 2.28. The minimum Gasteiger partial charge on any atom is -0.323 e. The summed E-state index contributed by atoms with van der Waals surface area (Å²) in [5.41, 5.74) is 2.06. The van der Waals surface area contributed by atoms with Crippen molar-refractivity contribution < 1.29 is 13.2 Å². The number of nitrogens with one attached hydrogen (secondary N) is 1. The molecule has 0 saturated heterocycles. The van der Waals surface area contributed by atoms with Crippen LogP contribution >= 0.6 is 23.4 Å². The van der Waals surface area contributed by atoms with Crippen molar-refractivity contribution in [3.63, 3.8) is 0 Å². The Hall–Kier alpha value is -2.48. The van der Waals surface area contributed by atoms with Crippen LogP contribution in [0.3, 0.4) is 0 Å². The van der Waals surface area contributed by atoms with Crippen molar-refractivity contribution in [2.24, 2.45) is 0 Å². The van der Waals surface area contributed by atoms with Crippen molar-refractivity contribution in [2.75, 3.05) is 21.9 Å². The molecule has 0 spiro atoms. The number of anilines is 2. The Balaban J connectivity index is 1.93. The third kappa shape index (κ3) is 5.81. The topological polar surface area (TPSA) is 66.5 Å². The molecule has 0 bridgehead atoms. The molecule has 0 aliphatic carbocycles. The monoisotopic (exact) mass is 474 g/mol. The third-order valence-electron chi connectivity index (χ3n) is 4.47. The van der Waals surface area contributed by atoms with Crippen LogP contribution < -0.4 is 9.62 Å². The Morgan fingerprint density at radius 1 is 1.00 bits per heavy atom. The molecule has 0 fully saturated rings. The molecule has 0 radical (unpaired) electrons. The molecule has 8 heteroatoms. The average molecular weight is 475 g/mol. The molecule has 0 saturated carbocycles. The van der Waals surface area contributed by atoms with Crippen LogP contribution in [0.15, 0.2) is 82.6 Å². The molecule has 1 amide bonds. The van der Waals surface area contributed by atoms with Crippen LogP contribution in [0.5, 0.6) is 0 Å². The number of para-hydroxylation sites is 1. The predicted octanol–water partition coefficient (Wildman–Crippen LogP) is 5.59.